The Labute approximate surface area is 144 Å². The summed E-state index contributed by atoms with van der Waals surface area (Å²) >= 11 is 0. The fourth-order valence-electron chi connectivity index (χ4n) is 1.84. The van der Waals surface area contributed by atoms with Gasteiger partial charge in [-0.25, -0.2) is 0 Å². The second-order valence-electron chi connectivity index (χ2n) is 7.43. The van der Waals surface area contributed by atoms with E-state index in [2.05, 4.69) is 56.3 Å². The predicted octanol–water partition coefficient (Wildman–Crippen LogP) is 5.09. The molecule has 0 saturated carbocycles. The van der Waals surface area contributed by atoms with Crippen molar-refractivity contribution in [2.24, 2.45) is 5.92 Å². The van der Waals surface area contributed by atoms with E-state index in [1.165, 1.54) is 25.7 Å². The highest BCUT2D eigenvalue weighted by Gasteiger charge is 2.06. The van der Waals surface area contributed by atoms with Gasteiger partial charge in [0.25, 0.3) is 0 Å². The van der Waals surface area contributed by atoms with Crippen molar-refractivity contribution in [3.8, 4) is 11.5 Å². The Morgan fingerprint density at radius 1 is 1.09 bits per heavy atom. The van der Waals surface area contributed by atoms with Crippen molar-refractivity contribution in [3.63, 3.8) is 0 Å². The zero-order valence-electron chi connectivity index (χ0n) is 15.7. The highest BCUT2D eigenvalue weighted by Crippen LogP contribution is 2.06. The molecule has 0 atom stereocenters. The molecule has 0 aromatic rings. The molecule has 23 heavy (non-hydrogen) atoms. The summed E-state index contributed by atoms with van der Waals surface area (Å²) < 4.78 is 0. The summed E-state index contributed by atoms with van der Waals surface area (Å²) in [6, 6.07) is 0. The smallest absolute Gasteiger partial charge is 0.243 e. The Bertz CT molecular complexity index is 433. The van der Waals surface area contributed by atoms with E-state index in [-0.39, 0.29) is 5.91 Å². The molecule has 1 N–H and O–H groups in total. The third-order valence-corrected chi connectivity index (χ3v) is 3.99. The largest absolute Gasteiger partial charge is 0.352 e. The molecule has 2 nitrogen and oxygen atoms in total. The van der Waals surface area contributed by atoms with E-state index >= 15 is 0 Å². The van der Waals surface area contributed by atoms with E-state index in [0.29, 0.717) is 5.92 Å². The van der Waals surface area contributed by atoms with Crippen LogP contribution in [0.15, 0.2) is 24.3 Å². The van der Waals surface area contributed by atoms with Crippen molar-refractivity contribution < 1.29 is 4.79 Å². The summed E-state index contributed by atoms with van der Waals surface area (Å²) in [5.74, 6) is 3.80. The Balaban J connectivity index is 3.54. The molecule has 0 aliphatic carbocycles. The van der Waals surface area contributed by atoms with Crippen LogP contribution in [0.4, 0.5) is 0 Å². The van der Waals surface area contributed by atoms with Gasteiger partial charge in [-0.15, -0.1) is 11.5 Å². The zero-order valence-corrected chi connectivity index (χ0v) is 16.7. The van der Waals surface area contributed by atoms with Crippen LogP contribution < -0.4 is 5.32 Å². The normalized spacial score (nSPS) is 11.9. The van der Waals surface area contributed by atoms with E-state index in [1.807, 2.05) is 12.2 Å². The molecule has 0 aromatic carbocycles. The first-order chi connectivity index (χ1) is 10.8. The lowest BCUT2D eigenvalue weighted by Crippen LogP contribution is -2.25. The minimum absolute atomic E-state index is 0.0113. The van der Waals surface area contributed by atoms with Crippen LogP contribution in [-0.4, -0.2) is 20.5 Å². The number of allylic oxidation sites excluding steroid dienone is 3. The number of hydrogen-bond acceptors (Lipinski definition) is 1. The first-order valence-electron chi connectivity index (χ1n) is 8.92. The third-order valence-electron chi connectivity index (χ3n) is 3.07. The Morgan fingerprint density at radius 2 is 1.78 bits per heavy atom. The topological polar surface area (TPSA) is 29.1 Å². The minimum atomic E-state index is -1.18. The average Bonchev–Trinajstić information content (AvgIpc) is 2.45. The molecule has 1 amide bonds. The molecule has 130 valence electrons. The van der Waals surface area contributed by atoms with Crippen molar-refractivity contribution >= 4 is 14.0 Å². The lowest BCUT2D eigenvalue weighted by Gasteiger charge is -2.03. The van der Waals surface area contributed by atoms with Crippen LogP contribution in [0, 0.1) is 17.4 Å². The number of hydrogen-bond donors (Lipinski definition) is 1. The maximum absolute atomic E-state index is 11.4. The fourth-order valence-corrected chi connectivity index (χ4v) is 2.49. The molecule has 0 radical (unpaired) electrons. The van der Waals surface area contributed by atoms with E-state index < -0.39 is 8.07 Å². The molecule has 0 aliphatic heterocycles. The van der Waals surface area contributed by atoms with Gasteiger partial charge in [0.1, 0.15) is 8.07 Å². The van der Waals surface area contributed by atoms with Crippen LogP contribution in [0.3, 0.4) is 0 Å². The zero-order chi connectivity index (χ0) is 17.6. The van der Waals surface area contributed by atoms with Gasteiger partial charge in [0.15, 0.2) is 0 Å². The van der Waals surface area contributed by atoms with Gasteiger partial charge >= 0.3 is 0 Å². The monoisotopic (exact) mass is 333 g/mol. The van der Waals surface area contributed by atoms with Crippen LogP contribution in [0.1, 0.15) is 52.4 Å². The number of amides is 1. The minimum Gasteiger partial charge on any atom is -0.352 e. The van der Waals surface area contributed by atoms with E-state index in [9.17, 15) is 4.79 Å². The van der Waals surface area contributed by atoms with Crippen molar-refractivity contribution in [3.05, 3.63) is 24.3 Å². The number of nitrogens with one attached hydrogen (secondary N) is 1. The Kier molecular flexibility index (Phi) is 12.5. The Morgan fingerprint density at radius 3 is 2.43 bits per heavy atom. The summed E-state index contributed by atoms with van der Waals surface area (Å²) in [7, 11) is -1.18. The molecule has 0 aromatic heterocycles. The molecule has 0 saturated heterocycles. The number of rotatable bonds is 10. The van der Waals surface area contributed by atoms with Gasteiger partial charge in [-0.3, -0.25) is 4.79 Å². The van der Waals surface area contributed by atoms with Crippen LogP contribution >= 0.6 is 0 Å². The summed E-state index contributed by atoms with van der Waals surface area (Å²) in [5.41, 5.74) is 3.41. The maximum atomic E-state index is 11.4. The molecular weight excluding hydrogens is 298 g/mol. The number of unbranched alkanes of at least 4 members (excludes halogenated alkanes) is 5. The standard InChI is InChI=1S/C20H35NOSi/c1-19(2)18-21-20(22)16-14-12-10-8-6-7-9-11-13-15-17-23(3,4)5/h10,12,14,16,19H,6-9,11,13,18H2,1-5H3,(H,21,22)/b12-10+,16-14+. The lowest BCUT2D eigenvalue weighted by atomic mass is 10.1. The molecule has 0 unspecified atom stereocenters. The van der Waals surface area contributed by atoms with E-state index in [4.69, 9.17) is 0 Å². The summed E-state index contributed by atoms with van der Waals surface area (Å²) in [6.45, 7) is 11.8. The molecular formula is C20H35NOSi. The Hall–Kier alpha value is -1.27. The summed E-state index contributed by atoms with van der Waals surface area (Å²) in [5, 5.41) is 2.86. The van der Waals surface area contributed by atoms with Crippen molar-refractivity contribution in [1.82, 2.24) is 5.32 Å². The van der Waals surface area contributed by atoms with Crippen LogP contribution in [0.5, 0.6) is 0 Å². The fraction of sp³-hybridized carbons (Fsp3) is 0.650. The third kappa shape index (κ3) is 18.7. The quantitative estimate of drug-likeness (QED) is 0.195. The summed E-state index contributed by atoms with van der Waals surface area (Å²) in [6.07, 6.45) is 14.6. The van der Waals surface area contributed by atoms with Gasteiger partial charge in [0, 0.05) is 19.0 Å². The van der Waals surface area contributed by atoms with Gasteiger partial charge in [0.05, 0.1) is 0 Å². The first-order valence-corrected chi connectivity index (χ1v) is 12.4. The highest BCUT2D eigenvalue weighted by atomic mass is 28.3. The molecule has 0 aliphatic rings. The predicted molar refractivity (Wildman–Crippen MR) is 105 cm³/mol. The molecule has 0 bridgehead atoms. The molecule has 0 heterocycles. The molecule has 0 spiro atoms. The molecule has 0 rings (SSSR count). The van der Waals surface area contributed by atoms with Gasteiger partial charge in [-0.1, -0.05) is 64.6 Å². The summed E-state index contributed by atoms with van der Waals surface area (Å²) in [4.78, 5) is 11.4. The number of carbonyl (C=O) groups excluding carboxylic acids is 1. The SMILES string of the molecule is CC(C)CNC(=O)/C=C/C=C/CCCCCCC#C[Si](C)(C)C. The lowest BCUT2D eigenvalue weighted by molar-refractivity contribution is -0.116. The second kappa shape index (κ2) is 13.2. The second-order valence-corrected chi connectivity index (χ2v) is 12.2. The average molecular weight is 334 g/mol. The van der Waals surface area contributed by atoms with Gasteiger partial charge in [0.2, 0.25) is 5.91 Å². The van der Waals surface area contributed by atoms with Crippen LogP contribution in [0.25, 0.3) is 0 Å². The van der Waals surface area contributed by atoms with Gasteiger partial charge in [-0.05, 0) is 25.2 Å². The van der Waals surface area contributed by atoms with Crippen LogP contribution in [0.2, 0.25) is 19.6 Å². The highest BCUT2D eigenvalue weighted by molar-refractivity contribution is 6.83. The van der Waals surface area contributed by atoms with Gasteiger partial charge in [-0.2, -0.15) is 0 Å². The van der Waals surface area contributed by atoms with E-state index in [0.717, 1.165) is 19.4 Å². The van der Waals surface area contributed by atoms with Crippen LogP contribution in [-0.2, 0) is 4.79 Å². The maximum Gasteiger partial charge on any atom is 0.243 e. The van der Waals surface area contributed by atoms with Crippen molar-refractivity contribution in [2.45, 2.75) is 72.0 Å². The number of carbonyl (C=O) groups is 1. The van der Waals surface area contributed by atoms with Gasteiger partial charge < -0.3 is 5.32 Å². The molecule has 0 fully saturated rings. The molecule has 3 heteroatoms. The van der Waals surface area contributed by atoms with Crippen molar-refractivity contribution in [1.29, 1.82) is 0 Å². The van der Waals surface area contributed by atoms with E-state index in [1.54, 1.807) is 6.08 Å². The first kappa shape index (κ1) is 21.7. The van der Waals surface area contributed by atoms with Crippen molar-refractivity contribution in [2.75, 3.05) is 6.54 Å².